The first-order valence-electron chi connectivity index (χ1n) is 14.2. The fourth-order valence-corrected chi connectivity index (χ4v) is 5.04. The number of fused-ring (bicyclic) bond motifs is 1. The maximum absolute atomic E-state index is 13.5. The topological polar surface area (TPSA) is 89.2 Å². The Kier molecular flexibility index (Phi) is 10.2. The molecule has 1 saturated heterocycles. The molecule has 1 aromatic carbocycles. The van der Waals surface area contributed by atoms with E-state index >= 15 is 0 Å². The van der Waals surface area contributed by atoms with E-state index in [1.807, 2.05) is 74.1 Å². The summed E-state index contributed by atoms with van der Waals surface area (Å²) in [6.45, 7) is 6.10. The summed E-state index contributed by atoms with van der Waals surface area (Å²) in [6, 6.07) is 14.0. The van der Waals surface area contributed by atoms with E-state index < -0.39 is 18.4 Å². The third-order valence-electron chi connectivity index (χ3n) is 7.46. The molecule has 0 bridgehead atoms. The van der Waals surface area contributed by atoms with E-state index in [4.69, 9.17) is 0 Å². The molecule has 2 N–H and O–H groups in total. The number of halogens is 2. The van der Waals surface area contributed by atoms with Crippen LogP contribution in [0.1, 0.15) is 43.6 Å². The van der Waals surface area contributed by atoms with Gasteiger partial charge >= 0.3 is 0 Å². The van der Waals surface area contributed by atoms with Crippen LogP contribution < -0.4 is 10.6 Å². The average Bonchev–Trinajstić information content (AvgIpc) is 3.30. The lowest BCUT2D eigenvalue weighted by molar-refractivity contribution is -0.132. The minimum Gasteiger partial charge on any atom is -0.373 e. The number of likely N-dealkylation sites (tertiary alicyclic amines) is 1. The van der Waals surface area contributed by atoms with Gasteiger partial charge in [0.25, 0.3) is 6.43 Å². The number of aromatic nitrogens is 2. The van der Waals surface area contributed by atoms with Gasteiger partial charge in [-0.2, -0.15) is 5.26 Å². The molecule has 0 atom stereocenters. The second-order valence-corrected chi connectivity index (χ2v) is 11.5. The van der Waals surface area contributed by atoms with Crippen molar-refractivity contribution in [3.63, 3.8) is 0 Å². The highest BCUT2D eigenvalue weighted by atomic mass is 19.3. The second-order valence-electron chi connectivity index (χ2n) is 11.5. The number of carbonyl (C=O) groups is 1. The number of benzene rings is 1. The molecule has 1 amide bonds. The Morgan fingerprint density at radius 3 is 2.60 bits per heavy atom. The van der Waals surface area contributed by atoms with Crippen LogP contribution in [0.5, 0.6) is 0 Å². The summed E-state index contributed by atoms with van der Waals surface area (Å²) in [4.78, 5) is 20.5. The molecular weight excluding hydrogens is 536 g/mol. The van der Waals surface area contributed by atoms with Crippen molar-refractivity contribution in [2.75, 3.05) is 45.6 Å². The number of alkyl halides is 2. The Morgan fingerprint density at radius 2 is 1.95 bits per heavy atom. The number of nitrogens with zero attached hydrogens (tertiary/aromatic N) is 5. The van der Waals surface area contributed by atoms with Crippen LogP contribution in [-0.4, -0.2) is 78.0 Å². The van der Waals surface area contributed by atoms with E-state index in [9.17, 15) is 18.8 Å². The number of hydrogen-bond acceptors (Lipinski definition) is 6. The minimum atomic E-state index is -2.50. The summed E-state index contributed by atoms with van der Waals surface area (Å²) >= 11 is 0. The van der Waals surface area contributed by atoms with Crippen LogP contribution in [0.3, 0.4) is 0 Å². The predicted octanol–water partition coefficient (Wildman–Crippen LogP) is 4.21. The number of likely N-dealkylation sites (N-methyl/N-ethyl adjacent to an activating group) is 1. The summed E-state index contributed by atoms with van der Waals surface area (Å²) in [5.74, 6) is 6.25. The van der Waals surface area contributed by atoms with Crippen molar-refractivity contribution in [2.45, 2.75) is 57.7 Å². The van der Waals surface area contributed by atoms with E-state index in [1.165, 1.54) is 0 Å². The average molecular weight is 576 g/mol. The Balaban J connectivity index is 1.38. The summed E-state index contributed by atoms with van der Waals surface area (Å²) in [6.07, 6.45) is 0.960. The molecule has 0 unspecified atom stereocenters. The van der Waals surface area contributed by atoms with E-state index in [-0.39, 0.29) is 5.91 Å². The van der Waals surface area contributed by atoms with Crippen LogP contribution in [0.2, 0.25) is 0 Å². The van der Waals surface area contributed by atoms with Crippen LogP contribution in [-0.2, 0) is 23.3 Å². The molecule has 0 spiro atoms. The minimum absolute atomic E-state index is 0.165. The second kappa shape index (κ2) is 13.8. The number of rotatable bonds is 10. The highest BCUT2D eigenvalue weighted by molar-refractivity contribution is 5.83. The molecule has 3 heterocycles. The predicted molar refractivity (Wildman–Crippen MR) is 161 cm³/mol. The first-order valence-corrected chi connectivity index (χ1v) is 14.2. The molecular formula is C32H39F2N7O. The van der Waals surface area contributed by atoms with E-state index in [0.717, 1.165) is 48.1 Å². The summed E-state index contributed by atoms with van der Waals surface area (Å²) in [5.41, 5.74) is 3.11. The molecule has 2 aromatic heterocycles. The lowest BCUT2D eigenvalue weighted by Gasteiger charge is -2.33. The van der Waals surface area contributed by atoms with Gasteiger partial charge in [-0.3, -0.25) is 9.78 Å². The van der Waals surface area contributed by atoms with E-state index in [0.29, 0.717) is 37.1 Å². The molecule has 1 fully saturated rings. The molecule has 0 saturated carbocycles. The Labute approximate surface area is 246 Å². The van der Waals surface area contributed by atoms with Gasteiger partial charge in [-0.05, 0) is 82.6 Å². The van der Waals surface area contributed by atoms with Gasteiger partial charge in [0.15, 0.2) is 0 Å². The number of pyridine rings is 1. The van der Waals surface area contributed by atoms with Gasteiger partial charge in [0.2, 0.25) is 5.91 Å². The number of amides is 1. The first kappa shape index (κ1) is 31.0. The van der Waals surface area contributed by atoms with Gasteiger partial charge in [0.05, 0.1) is 54.4 Å². The molecule has 1 aliphatic heterocycles. The number of anilines is 1. The number of nitriles is 1. The third-order valence-corrected chi connectivity index (χ3v) is 7.46. The Morgan fingerprint density at radius 1 is 1.19 bits per heavy atom. The van der Waals surface area contributed by atoms with Crippen molar-refractivity contribution in [2.24, 2.45) is 0 Å². The van der Waals surface area contributed by atoms with E-state index in [1.54, 1.807) is 10.8 Å². The molecule has 42 heavy (non-hydrogen) atoms. The number of carbonyl (C=O) groups excluding carboxylic acids is 1. The van der Waals surface area contributed by atoms with Gasteiger partial charge in [0, 0.05) is 36.6 Å². The highest BCUT2D eigenvalue weighted by Crippen LogP contribution is 2.23. The summed E-state index contributed by atoms with van der Waals surface area (Å²) < 4.78 is 28.5. The van der Waals surface area contributed by atoms with Crippen molar-refractivity contribution in [3.8, 4) is 17.9 Å². The first-order chi connectivity index (χ1) is 20.1. The van der Waals surface area contributed by atoms with Gasteiger partial charge in [-0.15, -0.1) is 0 Å². The number of nitrogens with one attached hydrogen (secondary N) is 2. The standard InChI is InChI=1S/C32H39F2N7O/c1-32(2,22-35)29-10-8-26(19-38-29)36-13-5-6-27-17-24-16-23(7-9-28(24)41(27)20-30(33)34)18-37-25-11-14-40(15-12-25)31(42)21-39(3)4/h7-10,16-17,19,25,30,36-37H,11-15,18,20-21H2,1-4H3. The molecule has 3 aromatic rings. The normalized spacial score (nSPS) is 14.2. The van der Waals surface area contributed by atoms with Crippen molar-refractivity contribution in [1.82, 2.24) is 24.7 Å². The van der Waals surface area contributed by atoms with Crippen LogP contribution >= 0.6 is 0 Å². The fourth-order valence-electron chi connectivity index (χ4n) is 5.04. The molecule has 222 valence electrons. The zero-order chi connectivity index (χ0) is 30.3. The molecule has 0 aliphatic carbocycles. The SMILES string of the molecule is CN(C)CC(=O)N1CCC(NCc2ccc3c(c2)cc(C#CCNc2ccc(C(C)(C)C#N)nc2)n3CC(F)F)CC1. The molecule has 10 heteroatoms. The summed E-state index contributed by atoms with van der Waals surface area (Å²) in [5, 5.41) is 16.9. The zero-order valence-electron chi connectivity index (χ0n) is 24.8. The maximum atomic E-state index is 13.5. The van der Waals surface area contributed by atoms with Gasteiger partial charge < -0.3 is 25.0 Å². The van der Waals surface area contributed by atoms with Gasteiger partial charge in [-0.25, -0.2) is 8.78 Å². The summed E-state index contributed by atoms with van der Waals surface area (Å²) in [7, 11) is 3.80. The monoisotopic (exact) mass is 575 g/mol. The molecule has 8 nitrogen and oxygen atoms in total. The molecule has 0 radical (unpaired) electrons. The van der Waals surface area contributed by atoms with Crippen LogP contribution in [0.15, 0.2) is 42.6 Å². The Hall–Kier alpha value is -3.99. The van der Waals surface area contributed by atoms with Crippen LogP contribution in [0.4, 0.5) is 14.5 Å². The van der Waals surface area contributed by atoms with Crippen molar-refractivity contribution >= 4 is 22.5 Å². The largest absolute Gasteiger partial charge is 0.373 e. The van der Waals surface area contributed by atoms with Crippen molar-refractivity contribution in [1.29, 1.82) is 5.26 Å². The van der Waals surface area contributed by atoms with Crippen molar-refractivity contribution in [3.05, 3.63) is 59.5 Å². The van der Waals surface area contributed by atoms with E-state index in [2.05, 4.69) is 33.5 Å². The van der Waals surface area contributed by atoms with Gasteiger partial charge in [-0.1, -0.05) is 12.0 Å². The molecule has 1 aliphatic rings. The number of piperidine rings is 1. The molecule has 4 rings (SSSR count). The smallest absolute Gasteiger partial charge is 0.256 e. The van der Waals surface area contributed by atoms with Crippen LogP contribution in [0, 0.1) is 23.2 Å². The zero-order valence-corrected chi connectivity index (χ0v) is 24.8. The maximum Gasteiger partial charge on any atom is 0.256 e. The highest BCUT2D eigenvalue weighted by Gasteiger charge is 2.23. The quantitative estimate of drug-likeness (QED) is 0.352. The number of hydrogen-bond donors (Lipinski definition) is 2. The fraction of sp³-hybridized carbons (Fsp3) is 0.469. The third kappa shape index (κ3) is 8.06. The lowest BCUT2D eigenvalue weighted by Crippen LogP contribution is -2.47. The van der Waals surface area contributed by atoms with Gasteiger partial charge in [0.1, 0.15) is 0 Å². The Bertz CT molecular complexity index is 1470. The van der Waals surface area contributed by atoms with Crippen LogP contribution in [0.25, 0.3) is 10.9 Å². The van der Waals surface area contributed by atoms with Crippen molar-refractivity contribution < 1.29 is 13.6 Å². The lowest BCUT2D eigenvalue weighted by atomic mass is 9.91.